The second-order valence-electron chi connectivity index (χ2n) is 16.9. The van der Waals surface area contributed by atoms with Gasteiger partial charge in [0.15, 0.2) is 5.65 Å². The number of pyridine rings is 2. The topological polar surface area (TPSA) is 55.2 Å². The van der Waals surface area contributed by atoms with Gasteiger partial charge in [0.1, 0.15) is 11.6 Å². The molecule has 1 aliphatic rings. The Morgan fingerprint density at radius 1 is 0.765 bits per heavy atom. The summed E-state index contributed by atoms with van der Waals surface area (Å²) in [4.78, 5) is 12.6. The normalized spacial score (nSPS) is 15.9. The van der Waals surface area contributed by atoms with Crippen molar-refractivity contribution in [2.75, 3.05) is 4.81 Å². The number of nitrogens with one attached hydrogen (secondary N) is 1. The van der Waals surface area contributed by atoms with E-state index in [-0.39, 0.29) is 23.5 Å². The standard InChI is InChI=1S/C44H52BN5O/c1-28(2)33-19-15-20-34(29(3)4)40(33)50-44(10,11)43(8,9)48-45(50)31-16-14-17-32(27-31)51-39-23-22-36-35-18-12-13-21-37(35)49(41(36)47-39)38-26-30(24-25-46-38)42(5,6)7/h12-29,48H,1-11H3. The van der Waals surface area contributed by atoms with E-state index in [9.17, 15) is 0 Å². The van der Waals surface area contributed by atoms with E-state index >= 15 is 0 Å². The first-order valence-electron chi connectivity index (χ1n) is 18.4. The number of benzene rings is 3. The maximum absolute atomic E-state index is 6.63. The fraction of sp³-hybridized carbons (Fsp3) is 0.364. The summed E-state index contributed by atoms with van der Waals surface area (Å²) in [5, 5.41) is 6.23. The second-order valence-corrected chi connectivity index (χ2v) is 16.9. The maximum atomic E-state index is 6.63. The van der Waals surface area contributed by atoms with Crippen LogP contribution in [0.1, 0.15) is 105 Å². The summed E-state index contributed by atoms with van der Waals surface area (Å²) in [5.74, 6) is 2.91. The number of fused-ring (bicyclic) bond motifs is 3. The zero-order chi connectivity index (χ0) is 36.5. The van der Waals surface area contributed by atoms with E-state index in [0.717, 1.165) is 39.0 Å². The Bertz CT molecular complexity index is 2220. The summed E-state index contributed by atoms with van der Waals surface area (Å²) in [6.45, 7) is 25.2. The maximum Gasteiger partial charge on any atom is 0.376 e. The molecule has 7 rings (SSSR count). The van der Waals surface area contributed by atoms with Gasteiger partial charge in [-0.3, -0.25) is 4.57 Å². The third kappa shape index (κ3) is 5.99. The van der Waals surface area contributed by atoms with Gasteiger partial charge in [-0.25, -0.2) is 4.98 Å². The first kappa shape index (κ1) is 34.8. The van der Waals surface area contributed by atoms with Crippen molar-refractivity contribution in [1.82, 2.24) is 19.8 Å². The van der Waals surface area contributed by atoms with Crippen LogP contribution in [0.3, 0.4) is 0 Å². The van der Waals surface area contributed by atoms with Gasteiger partial charge in [0.05, 0.1) is 5.52 Å². The Labute approximate surface area is 304 Å². The highest BCUT2D eigenvalue weighted by Crippen LogP contribution is 2.45. The van der Waals surface area contributed by atoms with Gasteiger partial charge >= 0.3 is 6.98 Å². The molecule has 0 spiro atoms. The highest BCUT2D eigenvalue weighted by Gasteiger charge is 2.55. The van der Waals surface area contributed by atoms with Crippen molar-refractivity contribution >= 4 is 40.1 Å². The molecule has 1 fully saturated rings. The van der Waals surface area contributed by atoms with Gasteiger partial charge < -0.3 is 14.8 Å². The first-order valence-corrected chi connectivity index (χ1v) is 18.4. The van der Waals surface area contributed by atoms with Crippen LogP contribution in [0.5, 0.6) is 11.6 Å². The van der Waals surface area contributed by atoms with Crippen LogP contribution in [0.4, 0.5) is 5.69 Å². The highest BCUT2D eigenvalue weighted by atomic mass is 16.5. The minimum absolute atomic E-state index is 0.00936. The summed E-state index contributed by atoms with van der Waals surface area (Å²) in [6, 6.07) is 32.1. The molecule has 0 saturated carbocycles. The van der Waals surface area contributed by atoms with Crippen molar-refractivity contribution in [1.29, 1.82) is 0 Å². The smallest absolute Gasteiger partial charge is 0.376 e. The third-order valence-electron chi connectivity index (χ3n) is 11.2. The van der Waals surface area contributed by atoms with Crippen LogP contribution in [0.2, 0.25) is 0 Å². The average Bonchev–Trinajstić information content (AvgIpc) is 3.50. The predicted octanol–water partition coefficient (Wildman–Crippen LogP) is 10.3. The first-order chi connectivity index (χ1) is 24.1. The number of hydrogen-bond acceptors (Lipinski definition) is 5. The van der Waals surface area contributed by atoms with E-state index in [1.165, 1.54) is 22.4 Å². The molecule has 3 aromatic heterocycles. The molecule has 51 heavy (non-hydrogen) atoms. The molecular weight excluding hydrogens is 625 g/mol. The van der Waals surface area contributed by atoms with Gasteiger partial charge in [0.2, 0.25) is 5.88 Å². The lowest BCUT2D eigenvalue weighted by molar-refractivity contribution is 0.317. The Balaban J connectivity index is 1.31. The predicted molar refractivity (Wildman–Crippen MR) is 215 cm³/mol. The SMILES string of the molecule is CC(C)c1cccc(C(C)C)c1N1B(c2cccc(Oc3ccc4c5ccccc5n(-c5cc(C(C)(C)C)ccn5)c4n3)c2)NC(C)(C)C1(C)C. The van der Waals surface area contributed by atoms with Crippen molar-refractivity contribution in [3.63, 3.8) is 0 Å². The van der Waals surface area contributed by atoms with Crippen molar-refractivity contribution < 1.29 is 4.74 Å². The number of para-hydroxylation sites is 2. The van der Waals surface area contributed by atoms with Crippen molar-refractivity contribution in [3.05, 3.63) is 114 Å². The molecule has 6 aromatic rings. The molecule has 1 N–H and O–H groups in total. The zero-order valence-corrected chi connectivity index (χ0v) is 32.2. The van der Waals surface area contributed by atoms with Crippen LogP contribution in [0.25, 0.3) is 27.8 Å². The third-order valence-corrected chi connectivity index (χ3v) is 11.2. The average molecular weight is 678 g/mol. The van der Waals surface area contributed by atoms with Crippen LogP contribution in [-0.2, 0) is 5.41 Å². The summed E-state index contributed by atoms with van der Waals surface area (Å²) in [6.07, 6.45) is 1.90. The molecule has 0 radical (unpaired) electrons. The molecular formula is C44H52BN5O. The van der Waals surface area contributed by atoms with E-state index in [1.807, 2.05) is 18.3 Å². The number of ether oxygens (including phenoxy) is 1. The van der Waals surface area contributed by atoms with Gasteiger partial charge in [-0.2, -0.15) is 4.98 Å². The largest absolute Gasteiger partial charge is 0.439 e. The van der Waals surface area contributed by atoms with Crippen LogP contribution >= 0.6 is 0 Å². The Morgan fingerprint density at radius 2 is 1.45 bits per heavy atom. The Kier molecular flexibility index (Phi) is 8.57. The second kappa shape index (κ2) is 12.6. The summed E-state index contributed by atoms with van der Waals surface area (Å²) in [5.41, 5.74) is 7.98. The molecule has 4 heterocycles. The van der Waals surface area contributed by atoms with E-state index in [1.54, 1.807) is 0 Å². The number of nitrogens with zero attached hydrogens (tertiary/aromatic N) is 4. The monoisotopic (exact) mass is 677 g/mol. The van der Waals surface area contributed by atoms with Crippen LogP contribution < -0.4 is 20.2 Å². The molecule has 0 amide bonds. The Morgan fingerprint density at radius 3 is 2.14 bits per heavy atom. The molecule has 6 nitrogen and oxygen atoms in total. The van der Waals surface area contributed by atoms with Crippen LogP contribution in [0, 0.1) is 0 Å². The van der Waals surface area contributed by atoms with Crippen LogP contribution in [-0.4, -0.2) is 32.6 Å². The number of anilines is 1. The molecule has 1 aliphatic heterocycles. The molecule has 0 atom stereocenters. The molecule has 0 bridgehead atoms. The molecule has 3 aromatic carbocycles. The fourth-order valence-corrected chi connectivity index (χ4v) is 7.62. The van der Waals surface area contributed by atoms with E-state index in [2.05, 4.69) is 170 Å². The lowest BCUT2D eigenvalue weighted by Crippen LogP contribution is -2.56. The zero-order valence-electron chi connectivity index (χ0n) is 32.2. The molecule has 0 aliphatic carbocycles. The minimum atomic E-state index is -0.193. The Hall–Kier alpha value is -4.62. The highest BCUT2D eigenvalue weighted by molar-refractivity contribution is 6.76. The quantitative estimate of drug-likeness (QED) is 0.171. The lowest BCUT2D eigenvalue weighted by atomic mass is 9.65. The lowest BCUT2D eigenvalue weighted by Gasteiger charge is -2.45. The van der Waals surface area contributed by atoms with Gasteiger partial charge in [-0.1, -0.05) is 97.0 Å². The van der Waals surface area contributed by atoms with Gasteiger partial charge in [-0.05, 0) is 103 Å². The van der Waals surface area contributed by atoms with Crippen molar-refractivity contribution in [3.8, 4) is 17.4 Å². The minimum Gasteiger partial charge on any atom is -0.439 e. The number of hydrogen-bond donors (Lipinski definition) is 1. The summed E-state index contributed by atoms with van der Waals surface area (Å²) < 4.78 is 8.79. The molecule has 1 saturated heterocycles. The summed E-state index contributed by atoms with van der Waals surface area (Å²) >= 11 is 0. The summed E-state index contributed by atoms with van der Waals surface area (Å²) in [7, 11) is 0. The van der Waals surface area contributed by atoms with Crippen molar-refractivity contribution in [2.24, 2.45) is 0 Å². The van der Waals surface area contributed by atoms with Gasteiger partial charge in [0.25, 0.3) is 0 Å². The molecule has 262 valence electrons. The van der Waals surface area contributed by atoms with Crippen LogP contribution in [0.15, 0.2) is 97.2 Å². The molecule has 7 heteroatoms. The van der Waals surface area contributed by atoms with E-state index < -0.39 is 0 Å². The number of aromatic nitrogens is 3. The fourth-order valence-electron chi connectivity index (χ4n) is 7.62. The van der Waals surface area contributed by atoms with Gasteiger partial charge in [-0.15, -0.1) is 0 Å². The van der Waals surface area contributed by atoms with E-state index in [0.29, 0.717) is 17.7 Å². The number of rotatable bonds is 7. The molecule has 0 unspecified atom stereocenters. The van der Waals surface area contributed by atoms with E-state index in [4.69, 9.17) is 14.7 Å². The van der Waals surface area contributed by atoms with Crippen molar-refractivity contribution in [2.45, 2.75) is 104 Å². The van der Waals surface area contributed by atoms with Gasteiger partial charge in [0, 0.05) is 39.8 Å².